The maximum absolute atomic E-state index is 12.7. The van der Waals surface area contributed by atoms with Gasteiger partial charge in [0.05, 0.1) is 24.2 Å². The second-order valence-corrected chi connectivity index (χ2v) is 10.1. The molecule has 4 fully saturated rings. The molecule has 2 aromatic rings. The lowest BCUT2D eigenvalue weighted by Gasteiger charge is -2.59. The van der Waals surface area contributed by atoms with Crippen molar-refractivity contribution in [2.75, 3.05) is 26.2 Å². The summed E-state index contributed by atoms with van der Waals surface area (Å²) in [4.78, 5) is 21.0. The second-order valence-electron chi connectivity index (χ2n) is 9.28. The highest BCUT2D eigenvalue weighted by Gasteiger charge is 2.55. The van der Waals surface area contributed by atoms with Crippen LogP contribution in [0.15, 0.2) is 24.5 Å². The number of hydrogen-bond donors (Lipinski definition) is 0. The fourth-order valence-corrected chi connectivity index (χ4v) is 5.35. The maximum atomic E-state index is 12.7. The molecule has 0 unspecified atom stereocenters. The molecule has 6 rings (SSSR count). The predicted octanol–water partition coefficient (Wildman–Crippen LogP) is 3.98. The minimum absolute atomic E-state index is 0.0241. The van der Waals surface area contributed by atoms with E-state index in [2.05, 4.69) is 10.1 Å². The lowest BCUT2D eigenvalue weighted by Crippen LogP contribution is -2.69. The van der Waals surface area contributed by atoms with Gasteiger partial charge in [-0.05, 0) is 43.9 Å². The maximum Gasteiger partial charge on any atom is 0.320 e. The van der Waals surface area contributed by atoms with Crippen molar-refractivity contribution in [1.82, 2.24) is 24.6 Å². The van der Waals surface area contributed by atoms with Crippen molar-refractivity contribution < 1.29 is 9.53 Å². The van der Waals surface area contributed by atoms with Gasteiger partial charge in [0.2, 0.25) is 0 Å². The Morgan fingerprint density at radius 3 is 2.60 bits per heavy atom. The van der Waals surface area contributed by atoms with Crippen LogP contribution >= 0.6 is 23.2 Å². The molecule has 158 valence electrons. The SMILES string of the molecule is O=C(N1CC(Oc2ccc(Cl)cc2Cl)C1)N1CC2(CC(n3cnc(C4CC4)n3)C2)C1. The monoisotopic (exact) mass is 447 g/mol. The van der Waals surface area contributed by atoms with Crippen LogP contribution in [0.3, 0.4) is 0 Å². The van der Waals surface area contributed by atoms with E-state index in [1.54, 1.807) is 18.2 Å². The Balaban J connectivity index is 0.959. The summed E-state index contributed by atoms with van der Waals surface area (Å²) in [7, 11) is 0. The first-order valence-electron chi connectivity index (χ1n) is 10.5. The number of carbonyl (C=O) groups excluding carboxylic acids is 1. The van der Waals surface area contributed by atoms with Gasteiger partial charge in [0, 0.05) is 29.4 Å². The molecule has 9 heteroatoms. The van der Waals surface area contributed by atoms with E-state index in [1.165, 1.54) is 12.8 Å². The van der Waals surface area contributed by atoms with Gasteiger partial charge in [-0.25, -0.2) is 14.5 Å². The van der Waals surface area contributed by atoms with Crippen LogP contribution in [-0.2, 0) is 0 Å². The molecule has 0 radical (unpaired) electrons. The van der Waals surface area contributed by atoms with Gasteiger partial charge in [0.15, 0.2) is 5.82 Å². The predicted molar refractivity (Wildman–Crippen MR) is 112 cm³/mol. The number of carbonyl (C=O) groups is 1. The van der Waals surface area contributed by atoms with E-state index in [9.17, 15) is 4.79 Å². The van der Waals surface area contributed by atoms with Crippen LogP contribution < -0.4 is 4.74 Å². The molecule has 2 saturated heterocycles. The van der Waals surface area contributed by atoms with Crippen molar-refractivity contribution >= 4 is 29.2 Å². The van der Waals surface area contributed by atoms with E-state index in [-0.39, 0.29) is 17.6 Å². The van der Waals surface area contributed by atoms with Gasteiger partial charge in [-0.1, -0.05) is 23.2 Å². The van der Waals surface area contributed by atoms with Crippen LogP contribution in [0.1, 0.15) is 43.5 Å². The van der Waals surface area contributed by atoms with Gasteiger partial charge in [0.25, 0.3) is 0 Å². The molecule has 0 N–H and O–H groups in total. The number of benzene rings is 1. The van der Waals surface area contributed by atoms with Crippen LogP contribution in [0.5, 0.6) is 5.75 Å². The van der Waals surface area contributed by atoms with Gasteiger partial charge in [-0.15, -0.1) is 0 Å². The number of urea groups is 1. The summed E-state index contributed by atoms with van der Waals surface area (Å²) >= 11 is 12.1. The highest BCUT2D eigenvalue weighted by Crippen LogP contribution is 2.54. The third-order valence-electron chi connectivity index (χ3n) is 6.81. The Kier molecular flexibility index (Phi) is 4.22. The van der Waals surface area contributed by atoms with E-state index in [0.717, 1.165) is 31.8 Å². The molecular weight excluding hydrogens is 425 g/mol. The number of rotatable bonds is 4. The zero-order chi connectivity index (χ0) is 20.5. The number of aromatic nitrogens is 3. The van der Waals surface area contributed by atoms with Crippen molar-refractivity contribution in [3.05, 3.63) is 40.4 Å². The van der Waals surface area contributed by atoms with E-state index in [4.69, 9.17) is 27.9 Å². The zero-order valence-corrected chi connectivity index (χ0v) is 18.0. The molecule has 2 amide bonds. The van der Waals surface area contributed by atoms with Gasteiger partial charge in [-0.3, -0.25) is 0 Å². The standard InChI is InChI=1S/C21H23Cl2N5O2/c22-14-3-4-18(17(23)5-14)30-16-8-26(9-16)20(29)27-10-21(11-27)6-15(7-21)28-12-24-19(25-28)13-1-2-13/h3-5,12-13,15-16H,1-2,6-11H2. The molecule has 1 spiro atoms. The lowest BCUT2D eigenvalue weighted by molar-refractivity contribution is -0.0816. The number of amides is 2. The molecule has 1 aromatic carbocycles. The summed E-state index contributed by atoms with van der Waals surface area (Å²) in [5.74, 6) is 2.22. The molecule has 3 heterocycles. The molecule has 2 saturated carbocycles. The first-order chi connectivity index (χ1) is 14.5. The summed E-state index contributed by atoms with van der Waals surface area (Å²) < 4.78 is 7.93. The molecule has 0 bridgehead atoms. The summed E-state index contributed by atoms with van der Waals surface area (Å²) in [6, 6.07) is 5.74. The van der Waals surface area contributed by atoms with Crippen molar-refractivity contribution in [1.29, 1.82) is 0 Å². The summed E-state index contributed by atoms with van der Waals surface area (Å²) in [6.45, 7) is 2.87. The van der Waals surface area contributed by atoms with Crippen LogP contribution in [-0.4, -0.2) is 62.9 Å². The van der Waals surface area contributed by atoms with Crippen LogP contribution in [0.2, 0.25) is 10.0 Å². The average Bonchev–Trinajstić information content (AvgIpc) is 3.35. The zero-order valence-electron chi connectivity index (χ0n) is 16.5. The smallest absolute Gasteiger partial charge is 0.320 e. The molecule has 4 aliphatic rings. The number of hydrogen-bond acceptors (Lipinski definition) is 4. The van der Waals surface area contributed by atoms with Crippen LogP contribution in [0, 0.1) is 5.41 Å². The normalized spacial score (nSPS) is 23.1. The Hall–Kier alpha value is -1.99. The number of ether oxygens (including phenoxy) is 1. The van der Waals surface area contributed by atoms with Gasteiger partial charge in [0.1, 0.15) is 18.2 Å². The number of likely N-dealkylation sites (tertiary alicyclic amines) is 2. The fourth-order valence-electron chi connectivity index (χ4n) is 4.90. The summed E-state index contributed by atoms with van der Waals surface area (Å²) in [5.41, 5.74) is 0.281. The van der Waals surface area contributed by atoms with Gasteiger partial charge < -0.3 is 14.5 Å². The van der Waals surface area contributed by atoms with Crippen molar-refractivity contribution in [3.63, 3.8) is 0 Å². The van der Waals surface area contributed by atoms with Crippen LogP contribution in [0.25, 0.3) is 0 Å². The topological polar surface area (TPSA) is 63.5 Å². The Labute approximate surface area is 184 Å². The van der Waals surface area contributed by atoms with E-state index in [1.807, 2.05) is 20.8 Å². The van der Waals surface area contributed by atoms with Gasteiger partial charge >= 0.3 is 6.03 Å². The molecule has 30 heavy (non-hydrogen) atoms. The molecule has 7 nitrogen and oxygen atoms in total. The molecule has 0 atom stereocenters. The molecule has 1 aromatic heterocycles. The third kappa shape index (κ3) is 3.23. The molecule has 2 aliphatic carbocycles. The summed E-state index contributed by atoms with van der Waals surface area (Å²) in [6.07, 6.45) is 6.50. The lowest BCUT2D eigenvalue weighted by atomic mass is 9.61. The van der Waals surface area contributed by atoms with E-state index >= 15 is 0 Å². The third-order valence-corrected chi connectivity index (χ3v) is 7.34. The minimum Gasteiger partial charge on any atom is -0.485 e. The Morgan fingerprint density at radius 1 is 1.13 bits per heavy atom. The highest BCUT2D eigenvalue weighted by molar-refractivity contribution is 6.35. The number of nitrogens with zero attached hydrogens (tertiary/aromatic N) is 5. The largest absolute Gasteiger partial charge is 0.485 e. The summed E-state index contributed by atoms with van der Waals surface area (Å²) in [5, 5.41) is 5.74. The van der Waals surface area contributed by atoms with Gasteiger partial charge in [-0.2, -0.15) is 5.10 Å². The first kappa shape index (κ1) is 18.8. The van der Waals surface area contributed by atoms with Crippen molar-refractivity contribution in [2.45, 2.75) is 43.7 Å². The Bertz CT molecular complexity index is 987. The van der Waals surface area contributed by atoms with Crippen molar-refractivity contribution in [3.8, 4) is 5.75 Å². The Morgan fingerprint density at radius 2 is 1.90 bits per heavy atom. The fraction of sp³-hybridized carbons (Fsp3) is 0.571. The number of halogens is 2. The van der Waals surface area contributed by atoms with E-state index in [0.29, 0.717) is 40.8 Å². The molecular formula is C21H23Cl2N5O2. The minimum atomic E-state index is -0.0241. The van der Waals surface area contributed by atoms with Crippen molar-refractivity contribution in [2.24, 2.45) is 5.41 Å². The van der Waals surface area contributed by atoms with Crippen LogP contribution in [0.4, 0.5) is 4.79 Å². The first-order valence-corrected chi connectivity index (χ1v) is 11.3. The highest BCUT2D eigenvalue weighted by atomic mass is 35.5. The van der Waals surface area contributed by atoms with E-state index < -0.39 is 0 Å². The second kappa shape index (κ2) is 6.76. The average molecular weight is 448 g/mol. The quantitative estimate of drug-likeness (QED) is 0.710. The molecule has 2 aliphatic heterocycles.